The lowest BCUT2D eigenvalue weighted by Gasteiger charge is -2.43. The molecule has 2 rings (SSSR count). The van der Waals surface area contributed by atoms with Gasteiger partial charge in [0.25, 0.3) is 0 Å². The van der Waals surface area contributed by atoms with E-state index in [0.29, 0.717) is 6.42 Å². The number of esters is 1. The van der Waals surface area contributed by atoms with Crippen molar-refractivity contribution in [3.8, 4) is 0 Å². The third-order valence-corrected chi connectivity index (χ3v) is 5.59. The Bertz CT molecular complexity index is 681. The molecule has 134 valence electrons. The van der Waals surface area contributed by atoms with Gasteiger partial charge in [-0.25, -0.2) is 13.2 Å². The molecule has 0 radical (unpaired) electrons. The predicted molar refractivity (Wildman–Crippen MR) is 79.6 cm³/mol. The summed E-state index contributed by atoms with van der Waals surface area (Å²) in [7, 11) is -3.64. The summed E-state index contributed by atoms with van der Waals surface area (Å²) in [6.45, 7) is 2.86. The first-order valence-corrected chi connectivity index (χ1v) is 9.22. The van der Waals surface area contributed by atoms with Crippen LogP contribution >= 0.6 is 0 Å². The van der Waals surface area contributed by atoms with Crippen LogP contribution in [0.4, 0.5) is 0 Å². The number of fused-ring (bicyclic) bond motifs is 1. The summed E-state index contributed by atoms with van der Waals surface area (Å²) >= 11 is 0. The van der Waals surface area contributed by atoms with Gasteiger partial charge >= 0.3 is 11.9 Å². The summed E-state index contributed by atoms with van der Waals surface area (Å²) in [5, 5.41) is -1.08. The molecule has 0 aliphatic carbocycles. The van der Waals surface area contributed by atoms with Gasteiger partial charge in [0.2, 0.25) is 5.91 Å². The number of nitrogens with zero attached hydrogens (tertiary/aromatic N) is 1. The summed E-state index contributed by atoms with van der Waals surface area (Å²) in [6.07, 6.45) is 1.33. The average molecular weight is 361 g/mol. The van der Waals surface area contributed by atoms with Crippen LogP contribution in [0.15, 0.2) is 11.3 Å². The Morgan fingerprint density at radius 3 is 2.62 bits per heavy atom. The molecule has 0 bridgehead atoms. The quantitative estimate of drug-likeness (QED) is 0.206. The van der Waals surface area contributed by atoms with Crippen LogP contribution in [0.2, 0.25) is 0 Å². The summed E-state index contributed by atoms with van der Waals surface area (Å²) in [5.74, 6) is -2.59. The maximum atomic E-state index is 12.2. The molecule has 0 saturated carbocycles. The molecule has 0 spiro atoms. The maximum Gasteiger partial charge on any atom is 0.389 e. The van der Waals surface area contributed by atoms with E-state index >= 15 is 0 Å². The highest BCUT2D eigenvalue weighted by Crippen LogP contribution is 2.36. The van der Waals surface area contributed by atoms with Gasteiger partial charge in [-0.05, 0) is 6.42 Å². The van der Waals surface area contributed by atoms with Gasteiger partial charge < -0.3 is 4.74 Å². The Kier molecular flexibility index (Phi) is 5.60. The second kappa shape index (κ2) is 7.31. The number of hydrogen-bond acceptors (Lipinski definition) is 8. The van der Waals surface area contributed by atoms with Crippen molar-refractivity contribution in [3.63, 3.8) is 0 Å². The van der Waals surface area contributed by atoms with E-state index in [1.807, 2.05) is 6.92 Å². The Morgan fingerprint density at radius 1 is 1.33 bits per heavy atom. The minimum absolute atomic E-state index is 0.00130. The fourth-order valence-electron chi connectivity index (χ4n) is 2.40. The number of β-lactam (4-membered cyclic amide) rings is 1. The van der Waals surface area contributed by atoms with Crippen LogP contribution in [0.3, 0.4) is 0 Å². The Labute approximate surface area is 139 Å². The van der Waals surface area contributed by atoms with E-state index in [-0.39, 0.29) is 24.3 Å². The normalized spacial score (nSPS) is 21.8. The number of ether oxygens (including phenoxy) is 1. The van der Waals surface area contributed by atoms with Crippen molar-refractivity contribution in [1.29, 1.82) is 0 Å². The number of amides is 1. The standard InChI is InChI=1S/C14H19NO8S/c1-3-4-5-22-23-14(18)13-10(7-21-9(2)16)8-24(19,20)12-6-11(17)15(12)13/h12H,3-8H2,1-2H3/t12-/m0/s1. The smallest absolute Gasteiger partial charge is 0.389 e. The molecule has 9 nitrogen and oxygen atoms in total. The SMILES string of the molecule is CCCCOOC(=O)C1=C(COC(C)=O)CS(=O)(=O)[C@H]2CC(=O)N12. The van der Waals surface area contributed by atoms with E-state index in [1.165, 1.54) is 0 Å². The summed E-state index contributed by atoms with van der Waals surface area (Å²) in [4.78, 5) is 45.3. The van der Waals surface area contributed by atoms with Crippen LogP contribution in [-0.2, 0) is 38.7 Å². The van der Waals surface area contributed by atoms with Gasteiger partial charge in [0.05, 0.1) is 18.8 Å². The minimum atomic E-state index is -3.64. The zero-order valence-electron chi connectivity index (χ0n) is 13.4. The van der Waals surface area contributed by atoms with Crippen molar-refractivity contribution < 1.29 is 37.3 Å². The van der Waals surface area contributed by atoms with Crippen LogP contribution < -0.4 is 0 Å². The first kappa shape index (κ1) is 18.4. The zero-order chi connectivity index (χ0) is 17.9. The van der Waals surface area contributed by atoms with Gasteiger partial charge in [-0.2, -0.15) is 4.89 Å². The molecule has 0 N–H and O–H groups in total. The van der Waals surface area contributed by atoms with Crippen molar-refractivity contribution in [2.75, 3.05) is 19.0 Å². The lowest BCUT2D eigenvalue weighted by atomic mass is 10.1. The van der Waals surface area contributed by atoms with Crippen LogP contribution in [0.1, 0.15) is 33.1 Å². The van der Waals surface area contributed by atoms with E-state index in [0.717, 1.165) is 18.2 Å². The molecule has 2 aliphatic rings. The third-order valence-electron chi connectivity index (χ3n) is 3.63. The first-order valence-electron chi connectivity index (χ1n) is 7.50. The van der Waals surface area contributed by atoms with Crippen molar-refractivity contribution in [1.82, 2.24) is 4.90 Å². The fraction of sp³-hybridized carbons (Fsp3) is 0.643. The highest BCUT2D eigenvalue weighted by molar-refractivity contribution is 7.92. The molecule has 1 amide bonds. The molecule has 0 aromatic carbocycles. The molecule has 1 saturated heterocycles. The minimum Gasteiger partial charge on any atom is -0.461 e. The van der Waals surface area contributed by atoms with Crippen LogP contribution in [0, 0.1) is 0 Å². The Balaban J connectivity index is 2.25. The molecule has 1 atom stereocenters. The van der Waals surface area contributed by atoms with Crippen molar-refractivity contribution >= 4 is 27.7 Å². The van der Waals surface area contributed by atoms with E-state index in [1.54, 1.807) is 0 Å². The Morgan fingerprint density at radius 2 is 2.04 bits per heavy atom. The number of hydrogen-bond donors (Lipinski definition) is 0. The maximum absolute atomic E-state index is 12.2. The second-order valence-electron chi connectivity index (χ2n) is 5.51. The van der Waals surface area contributed by atoms with Gasteiger partial charge in [0.1, 0.15) is 17.7 Å². The Hall–Kier alpha value is -1.94. The molecule has 10 heteroatoms. The molecule has 24 heavy (non-hydrogen) atoms. The first-order chi connectivity index (χ1) is 11.3. The largest absolute Gasteiger partial charge is 0.461 e. The van der Waals surface area contributed by atoms with Crippen molar-refractivity contribution in [2.45, 2.75) is 38.5 Å². The fourth-order valence-corrected chi connectivity index (χ4v) is 4.24. The van der Waals surface area contributed by atoms with Crippen LogP contribution in [-0.4, -0.2) is 55.5 Å². The number of rotatable bonds is 7. The van der Waals surface area contributed by atoms with Crippen molar-refractivity contribution in [2.24, 2.45) is 0 Å². The van der Waals surface area contributed by atoms with Crippen molar-refractivity contribution in [3.05, 3.63) is 11.3 Å². The number of sulfone groups is 1. The van der Waals surface area contributed by atoms with E-state index in [4.69, 9.17) is 9.62 Å². The molecule has 1 fully saturated rings. The number of carbonyl (C=O) groups excluding carboxylic acids is 3. The molecule has 0 unspecified atom stereocenters. The highest BCUT2D eigenvalue weighted by Gasteiger charge is 2.53. The number of carbonyl (C=O) groups is 3. The van der Waals surface area contributed by atoms with Gasteiger partial charge in [-0.3, -0.25) is 19.4 Å². The van der Waals surface area contributed by atoms with Crippen LogP contribution in [0.5, 0.6) is 0 Å². The molecular weight excluding hydrogens is 342 g/mol. The molecule has 2 heterocycles. The van der Waals surface area contributed by atoms with Gasteiger partial charge in [0.15, 0.2) is 9.84 Å². The topological polar surface area (TPSA) is 116 Å². The summed E-state index contributed by atoms with van der Waals surface area (Å²) in [6, 6.07) is 0. The average Bonchev–Trinajstić information content (AvgIpc) is 2.49. The molecule has 0 aromatic heterocycles. The summed E-state index contributed by atoms with van der Waals surface area (Å²) in [5.41, 5.74) is -0.220. The number of unbranched alkanes of at least 4 members (excludes halogenated alkanes) is 1. The van der Waals surface area contributed by atoms with E-state index < -0.39 is 45.4 Å². The van der Waals surface area contributed by atoms with E-state index in [2.05, 4.69) is 4.89 Å². The van der Waals surface area contributed by atoms with Gasteiger partial charge in [0, 0.05) is 12.5 Å². The van der Waals surface area contributed by atoms with Crippen LogP contribution in [0.25, 0.3) is 0 Å². The third kappa shape index (κ3) is 3.75. The monoisotopic (exact) mass is 361 g/mol. The molecular formula is C14H19NO8S. The van der Waals surface area contributed by atoms with E-state index in [9.17, 15) is 22.8 Å². The lowest BCUT2D eigenvalue weighted by Crippen LogP contribution is -2.60. The highest BCUT2D eigenvalue weighted by atomic mass is 32.2. The molecule has 0 aromatic rings. The lowest BCUT2D eigenvalue weighted by molar-refractivity contribution is -0.270. The molecule has 2 aliphatic heterocycles. The van der Waals surface area contributed by atoms with Gasteiger partial charge in [-0.15, -0.1) is 0 Å². The predicted octanol–water partition coefficient (Wildman–Crippen LogP) is 0.0653. The van der Waals surface area contributed by atoms with Gasteiger partial charge in [-0.1, -0.05) is 13.3 Å². The summed E-state index contributed by atoms with van der Waals surface area (Å²) < 4.78 is 29.1. The second-order valence-corrected chi connectivity index (χ2v) is 7.67. The zero-order valence-corrected chi connectivity index (χ0v) is 14.3.